The molecule has 0 bridgehead atoms. The number of hydrogen-bond acceptors (Lipinski definition) is 5. The fraction of sp³-hybridized carbons (Fsp3) is 0.364. The van der Waals surface area contributed by atoms with Gasteiger partial charge in [0, 0.05) is 28.9 Å². The van der Waals surface area contributed by atoms with Crippen LogP contribution in [-0.4, -0.2) is 39.3 Å². The summed E-state index contributed by atoms with van der Waals surface area (Å²) in [5, 5.41) is 10.1. The maximum atomic E-state index is 13.0. The third kappa shape index (κ3) is 3.02. The molecular formula is C22H25N3O4. The zero-order valence-corrected chi connectivity index (χ0v) is 17.1. The minimum atomic E-state index is -0.643. The number of aliphatic hydroxyl groups excluding tert-OH is 1. The van der Waals surface area contributed by atoms with Crippen molar-refractivity contribution in [2.45, 2.75) is 39.8 Å². The van der Waals surface area contributed by atoms with Crippen LogP contribution in [0.2, 0.25) is 0 Å². The third-order valence-electron chi connectivity index (χ3n) is 5.54. The predicted molar refractivity (Wildman–Crippen MR) is 109 cm³/mol. The van der Waals surface area contributed by atoms with Gasteiger partial charge in [0.05, 0.1) is 49.3 Å². The van der Waals surface area contributed by atoms with Crippen LogP contribution in [-0.2, 0) is 17.7 Å². The highest BCUT2D eigenvalue weighted by Crippen LogP contribution is 2.44. The quantitative estimate of drug-likeness (QED) is 0.644. The molecule has 4 rings (SSSR count). The lowest BCUT2D eigenvalue weighted by molar-refractivity contribution is 0.0528. The highest BCUT2D eigenvalue weighted by molar-refractivity contribution is 6.05. The van der Waals surface area contributed by atoms with E-state index in [0.29, 0.717) is 17.9 Å². The van der Waals surface area contributed by atoms with Gasteiger partial charge < -0.3 is 24.1 Å². The molecular weight excluding hydrogens is 370 g/mol. The van der Waals surface area contributed by atoms with Crippen molar-refractivity contribution in [3.63, 3.8) is 0 Å². The molecule has 1 atom stereocenters. The van der Waals surface area contributed by atoms with Crippen molar-refractivity contribution < 1.29 is 19.4 Å². The fourth-order valence-corrected chi connectivity index (χ4v) is 4.23. The second-order valence-corrected chi connectivity index (χ2v) is 7.20. The summed E-state index contributed by atoms with van der Waals surface area (Å²) in [4.78, 5) is 20.3. The normalized spacial score (nSPS) is 13.6. The number of H-pyrrole nitrogens is 1. The van der Waals surface area contributed by atoms with Crippen LogP contribution < -0.4 is 4.74 Å². The third-order valence-corrected chi connectivity index (χ3v) is 5.54. The standard InChI is InChI=1S/C22H25N3O4/c1-5-29-22(27)20-19(17-10-23-11-24-17)12(2)25-7-6-14-8-15(13(3)26)18(28-4)9-16(14)21(20)25/h8-11,13,26H,5-7H2,1-4H3,(H,23,24). The Balaban J connectivity index is 2.03. The molecule has 152 valence electrons. The van der Waals surface area contributed by atoms with Crippen LogP contribution >= 0.6 is 0 Å². The van der Waals surface area contributed by atoms with Crippen LogP contribution in [0, 0.1) is 6.92 Å². The average molecular weight is 395 g/mol. The molecule has 0 spiro atoms. The molecule has 2 aromatic heterocycles. The number of aryl methyl sites for hydroxylation is 1. The largest absolute Gasteiger partial charge is 0.496 e. The first-order valence-corrected chi connectivity index (χ1v) is 9.76. The molecule has 1 aliphatic rings. The number of aliphatic hydroxyl groups is 1. The minimum Gasteiger partial charge on any atom is -0.496 e. The first-order chi connectivity index (χ1) is 14.0. The summed E-state index contributed by atoms with van der Waals surface area (Å²) in [7, 11) is 1.59. The summed E-state index contributed by atoms with van der Waals surface area (Å²) in [6.45, 7) is 6.56. The van der Waals surface area contributed by atoms with E-state index in [1.54, 1.807) is 33.5 Å². The number of hydrogen-bond donors (Lipinski definition) is 2. The van der Waals surface area contributed by atoms with Gasteiger partial charge in [0.1, 0.15) is 5.75 Å². The van der Waals surface area contributed by atoms with Crippen molar-refractivity contribution in [1.82, 2.24) is 14.5 Å². The summed E-state index contributed by atoms with van der Waals surface area (Å²) in [6.07, 6.45) is 3.48. The van der Waals surface area contributed by atoms with Crippen LogP contribution in [0.15, 0.2) is 24.7 Å². The van der Waals surface area contributed by atoms with Crippen molar-refractivity contribution in [2.24, 2.45) is 0 Å². The van der Waals surface area contributed by atoms with Crippen molar-refractivity contribution in [3.8, 4) is 28.3 Å². The van der Waals surface area contributed by atoms with Crippen LogP contribution in [0.4, 0.5) is 0 Å². The summed E-state index contributed by atoms with van der Waals surface area (Å²) < 4.78 is 13.1. The van der Waals surface area contributed by atoms with Gasteiger partial charge in [0.25, 0.3) is 0 Å². The second kappa shape index (κ2) is 7.40. The van der Waals surface area contributed by atoms with E-state index in [2.05, 4.69) is 14.5 Å². The van der Waals surface area contributed by atoms with Gasteiger partial charge in [-0.2, -0.15) is 0 Å². The number of carbonyl (C=O) groups excluding carboxylic acids is 1. The van der Waals surface area contributed by atoms with Gasteiger partial charge in [-0.1, -0.05) is 0 Å². The maximum absolute atomic E-state index is 13.0. The lowest BCUT2D eigenvalue weighted by Crippen LogP contribution is -2.15. The van der Waals surface area contributed by atoms with Crippen LogP contribution in [0.1, 0.15) is 47.1 Å². The van der Waals surface area contributed by atoms with E-state index in [-0.39, 0.29) is 5.97 Å². The summed E-state index contributed by atoms with van der Waals surface area (Å²) in [5.41, 5.74) is 6.67. The molecule has 7 heteroatoms. The number of fused-ring (bicyclic) bond motifs is 3. The van der Waals surface area contributed by atoms with E-state index in [1.165, 1.54) is 0 Å². The summed E-state index contributed by atoms with van der Waals surface area (Å²) in [6, 6.07) is 3.90. The number of aromatic nitrogens is 3. The number of rotatable bonds is 5. The van der Waals surface area contributed by atoms with E-state index in [4.69, 9.17) is 9.47 Å². The van der Waals surface area contributed by atoms with Gasteiger partial charge in [0.2, 0.25) is 0 Å². The van der Waals surface area contributed by atoms with Crippen LogP contribution in [0.3, 0.4) is 0 Å². The molecule has 3 aromatic rings. The Labute approximate surface area is 169 Å². The van der Waals surface area contributed by atoms with Crippen molar-refractivity contribution >= 4 is 5.97 Å². The average Bonchev–Trinajstić information content (AvgIpc) is 3.33. The SMILES string of the molecule is CCOC(=O)c1c(-c2cnc[nH]2)c(C)n2c1-c1cc(OC)c(C(C)O)cc1CC2. The number of carbonyl (C=O) groups is 1. The first kappa shape index (κ1) is 19.3. The van der Waals surface area contributed by atoms with Crippen LogP contribution in [0.25, 0.3) is 22.5 Å². The van der Waals surface area contributed by atoms with Crippen molar-refractivity contribution in [1.29, 1.82) is 0 Å². The Morgan fingerprint density at radius 3 is 2.83 bits per heavy atom. The first-order valence-electron chi connectivity index (χ1n) is 9.76. The molecule has 0 fully saturated rings. The number of imidazole rings is 1. The summed E-state index contributed by atoms with van der Waals surface area (Å²) in [5.74, 6) is 0.240. The van der Waals surface area contributed by atoms with E-state index >= 15 is 0 Å². The molecule has 1 aliphatic heterocycles. The smallest absolute Gasteiger partial charge is 0.341 e. The molecule has 1 unspecified atom stereocenters. The molecule has 0 saturated carbocycles. The van der Waals surface area contributed by atoms with E-state index in [9.17, 15) is 9.90 Å². The predicted octanol–water partition coefficient (Wildman–Crippen LogP) is 3.65. The molecule has 2 N–H and O–H groups in total. The molecule has 29 heavy (non-hydrogen) atoms. The maximum Gasteiger partial charge on any atom is 0.341 e. The number of nitrogens with one attached hydrogen (secondary N) is 1. The second-order valence-electron chi connectivity index (χ2n) is 7.20. The lowest BCUT2D eigenvalue weighted by Gasteiger charge is -2.24. The van der Waals surface area contributed by atoms with Gasteiger partial charge in [-0.3, -0.25) is 0 Å². The molecule has 0 amide bonds. The van der Waals surface area contributed by atoms with Gasteiger partial charge >= 0.3 is 5.97 Å². The molecule has 0 radical (unpaired) electrons. The number of aromatic amines is 1. The van der Waals surface area contributed by atoms with Gasteiger partial charge in [-0.05, 0) is 44.9 Å². The Hall–Kier alpha value is -3.06. The van der Waals surface area contributed by atoms with E-state index in [0.717, 1.165) is 52.3 Å². The fourth-order valence-electron chi connectivity index (χ4n) is 4.23. The van der Waals surface area contributed by atoms with Crippen LogP contribution in [0.5, 0.6) is 5.75 Å². The molecule has 0 saturated heterocycles. The highest BCUT2D eigenvalue weighted by Gasteiger charge is 2.32. The number of methoxy groups -OCH3 is 1. The number of benzene rings is 1. The molecule has 0 aliphatic carbocycles. The molecule has 1 aromatic carbocycles. The number of ether oxygens (including phenoxy) is 2. The summed E-state index contributed by atoms with van der Waals surface area (Å²) >= 11 is 0. The lowest BCUT2D eigenvalue weighted by atomic mass is 9.91. The van der Waals surface area contributed by atoms with Crippen molar-refractivity contribution in [3.05, 3.63) is 47.0 Å². The van der Waals surface area contributed by atoms with Crippen molar-refractivity contribution in [2.75, 3.05) is 13.7 Å². The molecule has 3 heterocycles. The van der Waals surface area contributed by atoms with Gasteiger partial charge in [0.15, 0.2) is 0 Å². The zero-order valence-electron chi connectivity index (χ0n) is 17.1. The Morgan fingerprint density at radius 1 is 1.41 bits per heavy atom. The number of esters is 1. The van der Waals surface area contributed by atoms with Gasteiger partial charge in [-0.15, -0.1) is 0 Å². The van der Waals surface area contributed by atoms with Gasteiger partial charge in [-0.25, -0.2) is 9.78 Å². The Kier molecular flexibility index (Phi) is 4.92. The van der Waals surface area contributed by atoms with E-state index in [1.807, 2.05) is 19.1 Å². The highest BCUT2D eigenvalue weighted by atomic mass is 16.5. The Morgan fingerprint density at radius 2 is 2.21 bits per heavy atom. The molecule has 7 nitrogen and oxygen atoms in total. The monoisotopic (exact) mass is 395 g/mol. The minimum absolute atomic E-state index is 0.294. The Bertz CT molecular complexity index is 1060. The zero-order chi connectivity index (χ0) is 20.7. The van der Waals surface area contributed by atoms with E-state index < -0.39 is 6.10 Å². The number of nitrogens with zero attached hydrogens (tertiary/aromatic N) is 2. The topological polar surface area (TPSA) is 89.4 Å².